The summed E-state index contributed by atoms with van der Waals surface area (Å²) in [5, 5.41) is 0. The predicted octanol–water partition coefficient (Wildman–Crippen LogP) is 3.12. The lowest BCUT2D eigenvalue weighted by atomic mass is 9.96. The van der Waals surface area contributed by atoms with E-state index in [0.717, 1.165) is 39.1 Å². The van der Waals surface area contributed by atoms with Crippen molar-refractivity contribution < 1.29 is 4.79 Å². The van der Waals surface area contributed by atoms with Crippen molar-refractivity contribution in [3.05, 3.63) is 35.4 Å². The van der Waals surface area contributed by atoms with Crippen LogP contribution in [0.2, 0.25) is 0 Å². The van der Waals surface area contributed by atoms with E-state index in [-0.39, 0.29) is 0 Å². The van der Waals surface area contributed by atoms with E-state index in [1.54, 1.807) is 0 Å². The number of carbonyl (C=O) groups is 1. The highest BCUT2D eigenvalue weighted by atomic mass is 16.2. The van der Waals surface area contributed by atoms with Gasteiger partial charge in [-0.2, -0.15) is 0 Å². The van der Waals surface area contributed by atoms with Gasteiger partial charge in [0.25, 0.3) is 0 Å². The van der Waals surface area contributed by atoms with Crippen molar-refractivity contribution in [2.45, 2.75) is 40.5 Å². The Bertz CT molecular complexity index is 479. The van der Waals surface area contributed by atoms with Crippen LogP contribution in [-0.2, 0) is 11.2 Å². The Labute approximate surface area is 135 Å². The molecule has 0 N–H and O–H groups in total. The van der Waals surface area contributed by atoms with E-state index in [1.165, 1.54) is 11.1 Å². The Balaban J connectivity index is 1.74. The van der Waals surface area contributed by atoms with E-state index in [1.807, 2.05) is 4.90 Å². The van der Waals surface area contributed by atoms with Gasteiger partial charge < -0.3 is 4.90 Å². The van der Waals surface area contributed by atoms with Crippen LogP contribution in [0.4, 0.5) is 0 Å². The highest BCUT2D eigenvalue weighted by Crippen LogP contribution is 2.17. The van der Waals surface area contributed by atoms with Gasteiger partial charge in [0, 0.05) is 39.1 Å². The van der Waals surface area contributed by atoms with E-state index in [0.29, 0.717) is 17.7 Å². The fourth-order valence-electron chi connectivity index (χ4n) is 2.99. The van der Waals surface area contributed by atoms with Crippen LogP contribution in [-0.4, -0.2) is 48.4 Å². The quantitative estimate of drug-likeness (QED) is 0.853. The minimum absolute atomic E-state index is 0.302. The first-order valence-electron chi connectivity index (χ1n) is 8.39. The summed E-state index contributed by atoms with van der Waals surface area (Å²) >= 11 is 0. The summed E-state index contributed by atoms with van der Waals surface area (Å²) in [5.74, 6) is 0.302. The molecule has 1 aromatic carbocycles. The third-order valence-corrected chi connectivity index (χ3v) is 4.17. The zero-order valence-electron chi connectivity index (χ0n) is 14.6. The molecular weight excluding hydrogens is 272 g/mol. The minimum atomic E-state index is 0.302. The highest BCUT2D eigenvalue weighted by Gasteiger charge is 2.23. The lowest BCUT2D eigenvalue weighted by molar-refractivity contribution is -0.133. The summed E-state index contributed by atoms with van der Waals surface area (Å²) < 4.78 is 0. The van der Waals surface area contributed by atoms with E-state index >= 15 is 0 Å². The molecule has 0 atom stereocenters. The average Bonchev–Trinajstić information content (AvgIpc) is 2.45. The number of amides is 1. The standard InChI is InChI=1S/C19H30N2O/c1-16-5-7-17(8-6-16)9-10-18(22)21-13-11-20(12-14-21)15-19(2,3)4/h5-8H,9-15H2,1-4H3. The topological polar surface area (TPSA) is 23.6 Å². The predicted molar refractivity (Wildman–Crippen MR) is 92.0 cm³/mol. The first-order valence-corrected chi connectivity index (χ1v) is 8.39. The summed E-state index contributed by atoms with van der Waals surface area (Å²) in [6.45, 7) is 13.8. The van der Waals surface area contributed by atoms with Crippen LogP contribution >= 0.6 is 0 Å². The molecule has 0 unspecified atom stereocenters. The third-order valence-electron chi connectivity index (χ3n) is 4.17. The first kappa shape index (κ1) is 17.0. The minimum Gasteiger partial charge on any atom is -0.340 e. The third kappa shape index (κ3) is 5.45. The Hall–Kier alpha value is -1.35. The molecule has 3 heteroatoms. The SMILES string of the molecule is Cc1ccc(CCC(=O)N2CCN(CC(C)(C)C)CC2)cc1. The molecule has 122 valence electrons. The maximum atomic E-state index is 12.3. The molecule has 1 aliphatic rings. The largest absolute Gasteiger partial charge is 0.340 e. The van der Waals surface area contributed by atoms with Gasteiger partial charge in [-0.3, -0.25) is 9.69 Å². The van der Waals surface area contributed by atoms with Crippen molar-refractivity contribution in [1.29, 1.82) is 0 Å². The van der Waals surface area contributed by atoms with Gasteiger partial charge in [0.2, 0.25) is 5.91 Å². The summed E-state index contributed by atoms with van der Waals surface area (Å²) in [7, 11) is 0. The van der Waals surface area contributed by atoms with E-state index in [4.69, 9.17) is 0 Å². The van der Waals surface area contributed by atoms with Crippen molar-refractivity contribution in [1.82, 2.24) is 9.80 Å². The molecule has 0 radical (unpaired) electrons. The lowest BCUT2D eigenvalue weighted by Gasteiger charge is -2.37. The lowest BCUT2D eigenvalue weighted by Crippen LogP contribution is -2.50. The molecule has 0 aliphatic carbocycles. The molecule has 1 heterocycles. The number of aryl methyl sites for hydroxylation is 2. The van der Waals surface area contributed by atoms with E-state index in [9.17, 15) is 4.79 Å². The van der Waals surface area contributed by atoms with Crippen LogP contribution in [0.5, 0.6) is 0 Å². The number of hydrogen-bond donors (Lipinski definition) is 0. The molecule has 22 heavy (non-hydrogen) atoms. The second kappa shape index (κ2) is 7.28. The number of piperazine rings is 1. The fraction of sp³-hybridized carbons (Fsp3) is 0.632. The van der Waals surface area contributed by atoms with Gasteiger partial charge in [-0.1, -0.05) is 50.6 Å². The van der Waals surface area contributed by atoms with Crippen LogP contribution in [0.15, 0.2) is 24.3 Å². The highest BCUT2D eigenvalue weighted by molar-refractivity contribution is 5.76. The molecule has 3 nitrogen and oxygen atoms in total. The summed E-state index contributed by atoms with van der Waals surface area (Å²) in [6.07, 6.45) is 1.48. The van der Waals surface area contributed by atoms with Crippen LogP contribution in [0.3, 0.4) is 0 Å². The average molecular weight is 302 g/mol. The van der Waals surface area contributed by atoms with Crippen LogP contribution < -0.4 is 0 Å². The number of rotatable bonds is 4. The maximum absolute atomic E-state index is 12.3. The second-order valence-corrected chi connectivity index (χ2v) is 7.70. The monoisotopic (exact) mass is 302 g/mol. The van der Waals surface area contributed by atoms with Crippen LogP contribution in [0, 0.1) is 12.3 Å². The number of nitrogens with zero attached hydrogens (tertiary/aromatic N) is 2. The van der Waals surface area contributed by atoms with Gasteiger partial charge in [0.05, 0.1) is 0 Å². The summed E-state index contributed by atoms with van der Waals surface area (Å²) in [5.41, 5.74) is 2.85. The van der Waals surface area contributed by atoms with Crippen molar-refractivity contribution in [3.63, 3.8) is 0 Å². The zero-order valence-corrected chi connectivity index (χ0v) is 14.6. The molecule has 0 bridgehead atoms. The van der Waals surface area contributed by atoms with Gasteiger partial charge in [0.1, 0.15) is 0 Å². The molecule has 1 aromatic rings. The molecule has 1 saturated heterocycles. The fourth-order valence-corrected chi connectivity index (χ4v) is 2.99. The molecular formula is C19H30N2O. The smallest absolute Gasteiger partial charge is 0.222 e. The molecule has 1 amide bonds. The number of hydrogen-bond acceptors (Lipinski definition) is 2. The number of benzene rings is 1. The zero-order chi connectivity index (χ0) is 16.2. The van der Waals surface area contributed by atoms with Crippen molar-refractivity contribution in [3.8, 4) is 0 Å². The molecule has 1 fully saturated rings. The van der Waals surface area contributed by atoms with Crippen molar-refractivity contribution in [2.75, 3.05) is 32.7 Å². The van der Waals surface area contributed by atoms with Gasteiger partial charge in [0.15, 0.2) is 0 Å². The van der Waals surface area contributed by atoms with Gasteiger partial charge in [-0.25, -0.2) is 0 Å². The molecule has 0 spiro atoms. The van der Waals surface area contributed by atoms with Gasteiger partial charge in [-0.05, 0) is 24.3 Å². The molecule has 1 aliphatic heterocycles. The Morgan fingerprint density at radius 3 is 2.18 bits per heavy atom. The van der Waals surface area contributed by atoms with Gasteiger partial charge in [-0.15, -0.1) is 0 Å². The Kier molecular flexibility index (Phi) is 5.63. The molecule has 0 saturated carbocycles. The first-order chi connectivity index (χ1) is 10.3. The Morgan fingerprint density at radius 2 is 1.64 bits per heavy atom. The van der Waals surface area contributed by atoms with Crippen LogP contribution in [0.1, 0.15) is 38.3 Å². The normalized spacial score (nSPS) is 16.8. The molecule has 0 aromatic heterocycles. The van der Waals surface area contributed by atoms with Crippen molar-refractivity contribution >= 4 is 5.91 Å². The Morgan fingerprint density at radius 1 is 1.05 bits per heavy atom. The number of carbonyl (C=O) groups excluding carboxylic acids is 1. The van der Waals surface area contributed by atoms with E-state index < -0.39 is 0 Å². The van der Waals surface area contributed by atoms with E-state index in [2.05, 4.69) is 56.9 Å². The second-order valence-electron chi connectivity index (χ2n) is 7.70. The molecule has 2 rings (SSSR count). The summed E-state index contributed by atoms with van der Waals surface area (Å²) in [4.78, 5) is 16.8. The summed E-state index contributed by atoms with van der Waals surface area (Å²) in [6, 6.07) is 8.49. The van der Waals surface area contributed by atoms with Crippen LogP contribution in [0.25, 0.3) is 0 Å². The maximum Gasteiger partial charge on any atom is 0.222 e. The van der Waals surface area contributed by atoms with Crippen molar-refractivity contribution in [2.24, 2.45) is 5.41 Å². The van der Waals surface area contributed by atoms with Gasteiger partial charge >= 0.3 is 0 Å².